The van der Waals surface area contributed by atoms with Crippen molar-refractivity contribution in [3.05, 3.63) is 34.8 Å². The summed E-state index contributed by atoms with van der Waals surface area (Å²) in [5.41, 5.74) is 0.593. The van der Waals surface area contributed by atoms with Gasteiger partial charge in [0.25, 0.3) is 5.91 Å². The largest absolute Gasteiger partial charge is 0.298 e. The average molecular weight is 274 g/mol. The number of thioether (sulfide) groups is 1. The van der Waals surface area contributed by atoms with E-state index in [0.717, 1.165) is 17.0 Å². The van der Waals surface area contributed by atoms with E-state index in [1.54, 1.807) is 5.01 Å². The zero-order chi connectivity index (χ0) is 13.4. The number of hydrazone groups is 1. The van der Waals surface area contributed by atoms with Crippen LogP contribution in [0.15, 0.2) is 34.4 Å². The first kappa shape index (κ1) is 12.2. The Morgan fingerprint density at radius 3 is 2.95 bits per heavy atom. The molecule has 98 valence electrons. The molecule has 19 heavy (non-hydrogen) atoms. The molecular formula is C13H14N4OS. The van der Waals surface area contributed by atoms with Crippen molar-refractivity contribution in [3.8, 4) is 0 Å². The van der Waals surface area contributed by atoms with Crippen molar-refractivity contribution in [1.82, 2.24) is 10.3 Å². The third-order valence-electron chi connectivity index (χ3n) is 3.15. The third-order valence-corrected chi connectivity index (χ3v) is 3.72. The molecule has 0 radical (unpaired) electrons. The molecule has 0 spiro atoms. The Labute approximate surface area is 115 Å². The second-order valence-electron chi connectivity index (χ2n) is 4.29. The van der Waals surface area contributed by atoms with E-state index in [1.807, 2.05) is 37.4 Å². The minimum Gasteiger partial charge on any atom is -0.298 e. The first-order valence-electron chi connectivity index (χ1n) is 6.15. The van der Waals surface area contributed by atoms with Gasteiger partial charge in [-0.3, -0.25) is 15.1 Å². The summed E-state index contributed by atoms with van der Waals surface area (Å²) in [7, 11) is 0. The number of carbonyl (C=O) groups is 1. The van der Waals surface area contributed by atoms with E-state index in [9.17, 15) is 4.79 Å². The molecule has 0 saturated carbocycles. The molecule has 0 aliphatic carbocycles. The summed E-state index contributed by atoms with van der Waals surface area (Å²) in [5, 5.41) is 11.3. The van der Waals surface area contributed by atoms with Crippen molar-refractivity contribution in [2.24, 2.45) is 10.1 Å². The van der Waals surface area contributed by atoms with E-state index >= 15 is 0 Å². The van der Waals surface area contributed by atoms with Gasteiger partial charge in [0.05, 0.1) is 5.36 Å². The quantitative estimate of drug-likeness (QED) is 0.797. The molecular weight excluding hydrogens is 260 g/mol. The van der Waals surface area contributed by atoms with Gasteiger partial charge >= 0.3 is 0 Å². The lowest BCUT2D eigenvalue weighted by Crippen LogP contribution is -2.52. The SMILES string of the molecule is CC[C@H]1N=c2ccccc2=C2C(=O)NC(SC)=NN21. The van der Waals surface area contributed by atoms with Gasteiger partial charge in [0.2, 0.25) is 0 Å². The van der Waals surface area contributed by atoms with Crippen molar-refractivity contribution in [2.45, 2.75) is 19.5 Å². The molecule has 2 aliphatic heterocycles. The molecule has 0 unspecified atom stereocenters. The van der Waals surface area contributed by atoms with Gasteiger partial charge in [0.1, 0.15) is 11.9 Å². The van der Waals surface area contributed by atoms with Crippen molar-refractivity contribution >= 4 is 28.5 Å². The Kier molecular flexibility index (Phi) is 3.02. The Hall–Kier alpha value is -1.82. The fourth-order valence-corrected chi connectivity index (χ4v) is 2.62. The van der Waals surface area contributed by atoms with E-state index in [-0.39, 0.29) is 12.1 Å². The molecule has 5 nitrogen and oxygen atoms in total. The Bertz CT molecular complexity index is 682. The maximum Gasteiger partial charge on any atom is 0.276 e. The molecule has 6 heteroatoms. The van der Waals surface area contributed by atoms with Crippen LogP contribution in [0.2, 0.25) is 0 Å². The summed E-state index contributed by atoms with van der Waals surface area (Å²) < 4.78 is 0. The highest BCUT2D eigenvalue weighted by molar-refractivity contribution is 8.13. The molecule has 1 amide bonds. The molecule has 1 atom stereocenters. The van der Waals surface area contributed by atoms with Crippen LogP contribution in [0.5, 0.6) is 0 Å². The summed E-state index contributed by atoms with van der Waals surface area (Å²) in [5.74, 6) is -0.111. The number of amidine groups is 1. The van der Waals surface area contributed by atoms with E-state index in [0.29, 0.717) is 10.9 Å². The van der Waals surface area contributed by atoms with Crippen molar-refractivity contribution in [3.63, 3.8) is 0 Å². The Morgan fingerprint density at radius 2 is 2.21 bits per heavy atom. The number of nitrogens with one attached hydrogen (secondary N) is 1. The molecule has 0 saturated heterocycles. The maximum atomic E-state index is 12.3. The van der Waals surface area contributed by atoms with Gasteiger partial charge in [0.15, 0.2) is 5.17 Å². The predicted molar refractivity (Wildman–Crippen MR) is 75.6 cm³/mol. The highest BCUT2D eigenvalue weighted by Crippen LogP contribution is 2.20. The first-order valence-corrected chi connectivity index (χ1v) is 7.37. The number of para-hydroxylation sites is 1. The van der Waals surface area contributed by atoms with Crippen LogP contribution < -0.4 is 15.9 Å². The second-order valence-corrected chi connectivity index (χ2v) is 5.09. The molecule has 2 aliphatic rings. The van der Waals surface area contributed by atoms with Crippen LogP contribution in [0.4, 0.5) is 0 Å². The number of carbonyl (C=O) groups excluding carboxylic acids is 1. The summed E-state index contributed by atoms with van der Waals surface area (Å²) in [6, 6.07) is 7.69. The van der Waals surface area contributed by atoms with Gasteiger partial charge in [-0.1, -0.05) is 36.9 Å². The van der Waals surface area contributed by atoms with Crippen LogP contribution >= 0.6 is 11.8 Å². The summed E-state index contributed by atoms with van der Waals surface area (Å²) >= 11 is 1.42. The van der Waals surface area contributed by atoms with Crippen LogP contribution in [0.25, 0.3) is 5.70 Å². The van der Waals surface area contributed by atoms with Gasteiger partial charge in [-0.05, 0) is 18.7 Å². The number of rotatable bonds is 1. The maximum absolute atomic E-state index is 12.3. The van der Waals surface area contributed by atoms with E-state index in [2.05, 4.69) is 15.4 Å². The molecule has 1 aromatic rings. The monoisotopic (exact) mass is 274 g/mol. The number of hydrogen-bond donors (Lipinski definition) is 1. The molecule has 0 fully saturated rings. The van der Waals surface area contributed by atoms with E-state index in [4.69, 9.17) is 0 Å². The number of amides is 1. The molecule has 2 heterocycles. The zero-order valence-corrected chi connectivity index (χ0v) is 11.6. The lowest BCUT2D eigenvalue weighted by atomic mass is 10.1. The fraction of sp³-hybridized carbons (Fsp3) is 0.308. The summed E-state index contributed by atoms with van der Waals surface area (Å²) in [4.78, 5) is 17.0. The fourth-order valence-electron chi connectivity index (χ4n) is 2.25. The van der Waals surface area contributed by atoms with Gasteiger partial charge < -0.3 is 0 Å². The van der Waals surface area contributed by atoms with Crippen LogP contribution in [-0.4, -0.2) is 28.5 Å². The average Bonchev–Trinajstić information content (AvgIpc) is 2.45. The standard InChI is InChI=1S/C13H14N4OS/c1-3-10-14-9-7-5-4-6-8(9)11-12(18)15-13(19-2)16-17(10)11/h4-7,10H,3H2,1-2H3,(H,15,16,18)/t10-/m0/s1. The van der Waals surface area contributed by atoms with Crippen LogP contribution in [0.3, 0.4) is 0 Å². The highest BCUT2D eigenvalue weighted by Gasteiger charge is 2.32. The van der Waals surface area contributed by atoms with Crippen LogP contribution in [-0.2, 0) is 4.79 Å². The van der Waals surface area contributed by atoms with Crippen molar-refractivity contribution in [2.75, 3.05) is 6.26 Å². The number of benzene rings is 1. The topological polar surface area (TPSA) is 57.1 Å². The van der Waals surface area contributed by atoms with Gasteiger partial charge in [-0.2, -0.15) is 0 Å². The van der Waals surface area contributed by atoms with Crippen LogP contribution in [0.1, 0.15) is 13.3 Å². The molecule has 3 rings (SSSR count). The smallest absolute Gasteiger partial charge is 0.276 e. The Balaban J connectivity index is 2.29. The minimum absolute atomic E-state index is 0.111. The number of hydrogen-bond acceptors (Lipinski definition) is 5. The zero-order valence-electron chi connectivity index (χ0n) is 10.8. The number of nitrogens with zero attached hydrogens (tertiary/aromatic N) is 3. The Morgan fingerprint density at radius 1 is 1.42 bits per heavy atom. The third kappa shape index (κ3) is 1.92. The van der Waals surface area contributed by atoms with Gasteiger partial charge in [-0.25, -0.2) is 5.01 Å². The molecule has 0 aromatic heterocycles. The minimum atomic E-state index is -0.113. The predicted octanol–water partition coefficient (Wildman–Crippen LogP) is 0.230. The first-order chi connectivity index (χ1) is 9.24. The normalized spacial score (nSPS) is 21.1. The van der Waals surface area contributed by atoms with Crippen molar-refractivity contribution in [1.29, 1.82) is 0 Å². The van der Waals surface area contributed by atoms with E-state index in [1.165, 1.54) is 11.8 Å². The summed E-state index contributed by atoms with van der Waals surface area (Å²) in [6.45, 7) is 2.04. The molecule has 0 bridgehead atoms. The lowest BCUT2D eigenvalue weighted by Gasteiger charge is -2.33. The lowest BCUT2D eigenvalue weighted by molar-refractivity contribution is -0.116. The molecule has 1 aromatic carbocycles. The van der Waals surface area contributed by atoms with Crippen molar-refractivity contribution < 1.29 is 4.79 Å². The number of fused-ring (bicyclic) bond motifs is 2. The summed E-state index contributed by atoms with van der Waals surface area (Å²) in [6.07, 6.45) is 2.58. The second kappa shape index (κ2) is 4.70. The van der Waals surface area contributed by atoms with Crippen LogP contribution in [0, 0.1) is 0 Å². The molecule has 1 N–H and O–H groups in total. The van der Waals surface area contributed by atoms with Gasteiger partial charge in [0, 0.05) is 5.22 Å². The van der Waals surface area contributed by atoms with Gasteiger partial charge in [-0.15, -0.1) is 5.10 Å². The van der Waals surface area contributed by atoms with E-state index < -0.39 is 0 Å². The highest BCUT2D eigenvalue weighted by atomic mass is 32.2.